The predicted octanol–water partition coefficient (Wildman–Crippen LogP) is 5.33. The van der Waals surface area contributed by atoms with Crippen molar-refractivity contribution in [1.82, 2.24) is 15.0 Å². The van der Waals surface area contributed by atoms with Gasteiger partial charge in [0.2, 0.25) is 10.0 Å². The van der Waals surface area contributed by atoms with Gasteiger partial charge in [-0.05, 0) is 35.4 Å². The van der Waals surface area contributed by atoms with Crippen molar-refractivity contribution in [3.05, 3.63) is 88.9 Å². The van der Waals surface area contributed by atoms with Gasteiger partial charge in [0.15, 0.2) is 5.82 Å². The van der Waals surface area contributed by atoms with E-state index in [1.165, 1.54) is 17.4 Å². The lowest BCUT2D eigenvalue weighted by Crippen LogP contribution is -2.13. The Kier molecular flexibility index (Phi) is 6.01. The highest BCUT2D eigenvalue weighted by Crippen LogP contribution is 2.38. The summed E-state index contributed by atoms with van der Waals surface area (Å²) in [7, 11) is -3.89. The molecule has 3 N–H and O–H groups in total. The molecule has 2 aromatic carbocycles. The van der Waals surface area contributed by atoms with Crippen molar-refractivity contribution in [3.8, 4) is 22.6 Å². The van der Waals surface area contributed by atoms with Crippen LogP contribution in [0.2, 0.25) is 5.02 Å². The van der Waals surface area contributed by atoms with Crippen molar-refractivity contribution >= 4 is 49.0 Å². The molecule has 0 unspecified atom stereocenters. The van der Waals surface area contributed by atoms with Gasteiger partial charge in [-0.3, -0.25) is 4.98 Å². The second-order valence-electron chi connectivity index (χ2n) is 7.47. The Morgan fingerprint density at radius 3 is 2.50 bits per heavy atom. The molecule has 0 aliphatic heterocycles. The normalized spacial score (nSPS) is 11.6. The molecule has 3 aromatic heterocycles. The second-order valence-corrected chi connectivity index (χ2v) is 10.3. The SMILES string of the molecule is NS(=O)(=O)c1ccc(CNc2nc(-c3ccccn3)nc3scc(-c4ccccc4)c23)cc1Cl. The standard InChI is InChI=1S/C24H18ClN5O2S2/c25-18-12-15(9-10-20(18)34(26,31)32)13-28-23-21-17(16-6-2-1-3-7-16)14-33-24(21)30-22(29-23)19-8-4-5-11-27-19/h1-12,14H,13H2,(H2,26,31,32)(H,28,29,30). The zero-order valence-electron chi connectivity index (χ0n) is 17.6. The number of primary sulfonamides is 1. The molecule has 5 rings (SSSR count). The minimum Gasteiger partial charge on any atom is -0.365 e. The summed E-state index contributed by atoms with van der Waals surface area (Å²) >= 11 is 7.70. The Morgan fingerprint density at radius 2 is 1.79 bits per heavy atom. The van der Waals surface area contributed by atoms with Crippen LogP contribution in [-0.4, -0.2) is 23.4 Å². The first-order valence-corrected chi connectivity index (χ1v) is 13.0. The largest absolute Gasteiger partial charge is 0.365 e. The number of hydrogen-bond acceptors (Lipinski definition) is 7. The summed E-state index contributed by atoms with van der Waals surface area (Å²) in [6, 6.07) is 20.3. The summed E-state index contributed by atoms with van der Waals surface area (Å²) in [5.41, 5.74) is 3.53. The Hall–Kier alpha value is -3.37. The fourth-order valence-corrected chi connectivity index (χ4v) is 5.64. The Balaban J connectivity index is 1.58. The predicted molar refractivity (Wildman–Crippen MR) is 136 cm³/mol. The second kappa shape index (κ2) is 9.11. The molecule has 0 atom stereocenters. The number of nitrogens with zero attached hydrogens (tertiary/aromatic N) is 3. The van der Waals surface area contributed by atoms with Crippen LogP contribution >= 0.6 is 22.9 Å². The van der Waals surface area contributed by atoms with Crippen molar-refractivity contribution in [2.75, 3.05) is 5.32 Å². The molecule has 7 nitrogen and oxygen atoms in total. The van der Waals surface area contributed by atoms with Gasteiger partial charge in [0.05, 0.1) is 10.4 Å². The maximum absolute atomic E-state index is 11.7. The summed E-state index contributed by atoms with van der Waals surface area (Å²) < 4.78 is 23.3. The van der Waals surface area contributed by atoms with Crippen molar-refractivity contribution in [1.29, 1.82) is 0 Å². The molecule has 0 saturated carbocycles. The van der Waals surface area contributed by atoms with Crippen molar-refractivity contribution in [2.45, 2.75) is 11.4 Å². The van der Waals surface area contributed by atoms with E-state index in [4.69, 9.17) is 26.7 Å². The Bertz CT molecular complexity index is 1590. The average Bonchev–Trinajstić information content (AvgIpc) is 3.27. The van der Waals surface area contributed by atoms with Gasteiger partial charge >= 0.3 is 0 Å². The molecule has 0 spiro atoms. The topological polar surface area (TPSA) is 111 Å². The van der Waals surface area contributed by atoms with Crippen molar-refractivity contribution in [3.63, 3.8) is 0 Å². The summed E-state index contributed by atoms with van der Waals surface area (Å²) in [4.78, 5) is 14.7. The lowest BCUT2D eigenvalue weighted by Gasteiger charge is -2.12. The third-order valence-electron chi connectivity index (χ3n) is 5.18. The van der Waals surface area contributed by atoms with Gasteiger partial charge in [-0.15, -0.1) is 11.3 Å². The minimum absolute atomic E-state index is 0.0734. The number of sulfonamides is 1. The molecule has 3 heterocycles. The number of thiophene rings is 1. The first-order chi connectivity index (χ1) is 16.4. The van der Waals surface area contributed by atoms with Gasteiger partial charge in [0.25, 0.3) is 0 Å². The Labute approximate surface area is 205 Å². The van der Waals surface area contributed by atoms with E-state index in [-0.39, 0.29) is 9.92 Å². The number of aromatic nitrogens is 3. The number of anilines is 1. The van der Waals surface area contributed by atoms with E-state index in [0.29, 0.717) is 23.9 Å². The van der Waals surface area contributed by atoms with Gasteiger partial charge in [0.1, 0.15) is 21.2 Å². The van der Waals surface area contributed by atoms with Gasteiger partial charge in [-0.2, -0.15) is 0 Å². The van der Waals surface area contributed by atoms with Crippen LogP contribution in [0.25, 0.3) is 32.9 Å². The van der Waals surface area contributed by atoms with E-state index in [1.54, 1.807) is 18.3 Å². The molecule has 0 radical (unpaired) electrons. The van der Waals surface area contributed by atoms with E-state index in [2.05, 4.69) is 15.7 Å². The maximum atomic E-state index is 11.7. The van der Waals surface area contributed by atoms with Gasteiger partial charge in [-0.1, -0.05) is 54.1 Å². The quantitative estimate of drug-likeness (QED) is 0.321. The fraction of sp³-hybridized carbons (Fsp3) is 0.0417. The number of benzene rings is 2. The van der Waals surface area contributed by atoms with Crippen molar-refractivity contribution < 1.29 is 8.42 Å². The zero-order valence-corrected chi connectivity index (χ0v) is 20.0. The van der Waals surface area contributed by atoms with Gasteiger partial charge in [-0.25, -0.2) is 23.5 Å². The summed E-state index contributed by atoms with van der Waals surface area (Å²) in [6.45, 7) is 0.364. The number of fused-ring (bicyclic) bond motifs is 1. The lowest BCUT2D eigenvalue weighted by atomic mass is 10.1. The molecule has 0 saturated heterocycles. The molecule has 170 valence electrons. The smallest absolute Gasteiger partial charge is 0.239 e. The molecular weight excluding hydrogens is 490 g/mol. The highest BCUT2D eigenvalue weighted by Gasteiger charge is 2.17. The number of rotatable bonds is 6. The van der Waals surface area contributed by atoms with E-state index >= 15 is 0 Å². The van der Waals surface area contributed by atoms with Crippen LogP contribution in [0.1, 0.15) is 5.56 Å². The van der Waals surface area contributed by atoms with Crippen LogP contribution in [0.15, 0.2) is 83.2 Å². The molecule has 5 aromatic rings. The average molecular weight is 508 g/mol. The molecular formula is C24H18ClN5O2S2. The monoisotopic (exact) mass is 507 g/mol. The highest BCUT2D eigenvalue weighted by atomic mass is 35.5. The number of nitrogens with one attached hydrogen (secondary N) is 1. The van der Waals surface area contributed by atoms with Crippen LogP contribution in [0.3, 0.4) is 0 Å². The third kappa shape index (κ3) is 4.51. The van der Waals surface area contributed by atoms with Gasteiger partial charge in [0, 0.05) is 23.7 Å². The zero-order chi connectivity index (χ0) is 23.7. The van der Waals surface area contributed by atoms with Crippen LogP contribution in [0, 0.1) is 0 Å². The van der Waals surface area contributed by atoms with E-state index in [0.717, 1.165) is 26.9 Å². The summed E-state index contributed by atoms with van der Waals surface area (Å²) in [6.07, 6.45) is 1.70. The highest BCUT2D eigenvalue weighted by molar-refractivity contribution is 7.89. The molecule has 0 fully saturated rings. The summed E-state index contributed by atoms with van der Waals surface area (Å²) in [5, 5.41) is 11.7. The minimum atomic E-state index is -3.89. The van der Waals surface area contributed by atoms with E-state index in [1.807, 2.05) is 48.5 Å². The fourth-order valence-electron chi connectivity index (χ4n) is 3.58. The van der Waals surface area contributed by atoms with E-state index < -0.39 is 10.0 Å². The van der Waals surface area contributed by atoms with Crippen LogP contribution in [0.4, 0.5) is 5.82 Å². The molecule has 0 aliphatic carbocycles. The lowest BCUT2D eigenvalue weighted by molar-refractivity contribution is 0.598. The molecule has 0 bridgehead atoms. The molecule has 34 heavy (non-hydrogen) atoms. The van der Waals surface area contributed by atoms with Crippen molar-refractivity contribution in [2.24, 2.45) is 5.14 Å². The Morgan fingerprint density at radius 1 is 1.00 bits per heavy atom. The van der Waals surface area contributed by atoms with Crippen LogP contribution < -0.4 is 10.5 Å². The first-order valence-electron chi connectivity index (χ1n) is 10.2. The van der Waals surface area contributed by atoms with E-state index in [9.17, 15) is 8.42 Å². The molecule has 0 aliphatic rings. The van der Waals surface area contributed by atoms with Gasteiger partial charge < -0.3 is 5.32 Å². The number of pyridine rings is 1. The third-order valence-corrected chi connectivity index (χ3v) is 7.44. The number of halogens is 1. The van der Waals surface area contributed by atoms with Crippen LogP contribution in [-0.2, 0) is 16.6 Å². The van der Waals surface area contributed by atoms with Crippen LogP contribution in [0.5, 0.6) is 0 Å². The first kappa shape index (κ1) is 22.4. The summed E-state index contributed by atoms with van der Waals surface area (Å²) in [5.74, 6) is 1.16. The number of hydrogen-bond donors (Lipinski definition) is 2. The number of nitrogens with two attached hydrogens (primary N) is 1. The maximum Gasteiger partial charge on any atom is 0.239 e. The molecule has 10 heteroatoms. The molecule has 0 amide bonds.